The van der Waals surface area contributed by atoms with E-state index in [1.807, 2.05) is 0 Å². The lowest BCUT2D eigenvalue weighted by Crippen LogP contribution is -1.83. The van der Waals surface area contributed by atoms with Gasteiger partial charge >= 0.3 is 5.69 Å². The molecule has 2 aromatic carbocycles. The summed E-state index contributed by atoms with van der Waals surface area (Å²) in [7, 11) is 0. The molecular formula is C12H8ClN2O+. The van der Waals surface area contributed by atoms with Gasteiger partial charge in [-0.15, -0.1) is 0 Å². The molecular weight excluding hydrogens is 224 g/mol. The van der Waals surface area contributed by atoms with Crippen molar-refractivity contribution >= 4 is 17.3 Å². The van der Waals surface area contributed by atoms with Crippen LogP contribution in [0.3, 0.4) is 0 Å². The van der Waals surface area contributed by atoms with Gasteiger partial charge in [0.1, 0.15) is 5.75 Å². The van der Waals surface area contributed by atoms with Gasteiger partial charge < -0.3 is 4.74 Å². The molecule has 0 aliphatic rings. The van der Waals surface area contributed by atoms with E-state index in [-0.39, 0.29) is 0 Å². The number of halogens is 1. The highest BCUT2D eigenvalue weighted by Crippen LogP contribution is 2.31. The van der Waals surface area contributed by atoms with Gasteiger partial charge in [0.05, 0.1) is 0 Å². The molecule has 78 valence electrons. The van der Waals surface area contributed by atoms with Crippen molar-refractivity contribution in [2.24, 2.45) is 0 Å². The Morgan fingerprint density at radius 2 is 1.69 bits per heavy atom. The van der Waals surface area contributed by atoms with E-state index in [4.69, 9.17) is 21.7 Å². The molecule has 4 heteroatoms. The summed E-state index contributed by atoms with van der Waals surface area (Å²) in [6.07, 6.45) is 0. The second kappa shape index (κ2) is 4.65. The number of rotatable bonds is 2. The Morgan fingerprint density at radius 3 is 2.38 bits per heavy atom. The van der Waals surface area contributed by atoms with E-state index in [2.05, 4.69) is 4.98 Å². The van der Waals surface area contributed by atoms with Crippen LogP contribution in [0.1, 0.15) is 0 Å². The van der Waals surface area contributed by atoms with Crippen molar-refractivity contribution in [3.05, 3.63) is 58.5 Å². The van der Waals surface area contributed by atoms with Crippen LogP contribution in [0.25, 0.3) is 4.98 Å². The van der Waals surface area contributed by atoms with E-state index in [0.717, 1.165) is 0 Å². The van der Waals surface area contributed by atoms with Gasteiger partial charge in [-0.25, -0.2) is 0 Å². The third-order valence-corrected chi connectivity index (χ3v) is 2.27. The molecule has 2 aromatic rings. The predicted molar refractivity (Wildman–Crippen MR) is 62.7 cm³/mol. The lowest BCUT2D eigenvalue weighted by molar-refractivity contribution is 0.485. The van der Waals surface area contributed by atoms with Gasteiger partial charge in [0.15, 0.2) is 4.98 Å². The molecule has 0 unspecified atom stereocenters. The molecule has 0 amide bonds. The lowest BCUT2D eigenvalue weighted by Gasteiger charge is -2.02. The molecule has 0 saturated carbocycles. The average molecular weight is 232 g/mol. The minimum absolute atomic E-state index is 0.387. The summed E-state index contributed by atoms with van der Waals surface area (Å²) in [5.74, 6) is 1.13. The van der Waals surface area contributed by atoms with E-state index >= 15 is 0 Å². The second-order valence-corrected chi connectivity index (χ2v) is 3.56. The summed E-state index contributed by atoms with van der Waals surface area (Å²) < 4.78 is 5.54. The summed E-state index contributed by atoms with van der Waals surface area (Å²) in [5, 5.41) is 9.41. The summed E-state index contributed by atoms with van der Waals surface area (Å²) in [6.45, 7) is 0. The Hall–Kier alpha value is -2.05. The third-order valence-electron chi connectivity index (χ3n) is 2.01. The van der Waals surface area contributed by atoms with Crippen molar-refractivity contribution in [1.82, 2.24) is 0 Å². The van der Waals surface area contributed by atoms with E-state index in [1.54, 1.807) is 48.5 Å². The number of ether oxygens (including phenoxy) is 1. The monoisotopic (exact) mass is 231 g/mol. The molecule has 0 spiro atoms. The Morgan fingerprint density at radius 1 is 1.00 bits per heavy atom. The highest BCUT2D eigenvalue weighted by molar-refractivity contribution is 6.30. The van der Waals surface area contributed by atoms with Gasteiger partial charge in [-0.2, -0.15) is 0 Å². The molecule has 0 fully saturated rings. The maximum Gasteiger partial charge on any atom is 0.426 e. The Kier molecular flexibility index (Phi) is 3.04. The van der Waals surface area contributed by atoms with Crippen molar-refractivity contribution in [1.29, 1.82) is 5.39 Å². The van der Waals surface area contributed by atoms with Gasteiger partial charge in [0, 0.05) is 11.1 Å². The Bertz CT molecular complexity index is 531. The largest absolute Gasteiger partial charge is 0.449 e. The van der Waals surface area contributed by atoms with Crippen LogP contribution in [0.2, 0.25) is 5.02 Å². The summed E-state index contributed by atoms with van der Waals surface area (Å²) >= 11 is 5.76. The second-order valence-electron chi connectivity index (χ2n) is 3.12. The topological polar surface area (TPSA) is 37.4 Å². The van der Waals surface area contributed by atoms with Crippen molar-refractivity contribution in [2.75, 3.05) is 0 Å². The van der Waals surface area contributed by atoms with Crippen molar-refractivity contribution in [3.63, 3.8) is 0 Å². The molecule has 0 aliphatic heterocycles. The van der Waals surface area contributed by atoms with Crippen molar-refractivity contribution in [3.8, 4) is 11.5 Å². The quantitative estimate of drug-likeness (QED) is 0.708. The lowest BCUT2D eigenvalue weighted by atomic mass is 10.3. The molecule has 0 N–H and O–H groups in total. The molecule has 3 nitrogen and oxygen atoms in total. The van der Waals surface area contributed by atoms with Gasteiger partial charge in [-0.05, 0) is 30.3 Å². The number of hydrogen-bond donors (Lipinski definition) is 0. The third kappa shape index (κ3) is 2.30. The first-order chi connectivity index (χ1) is 7.79. The van der Waals surface area contributed by atoms with Crippen LogP contribution in [0.5, 0.6) is 11.5 Å². The van der Waals surface area contributed by atoms with Gasteiger partial charge in [-0.1, -0.05) is 23.7 Å². The van der Waals surface area contributed by atoms with Crippen LogP contribution in [-0.4, -0.2) is 0 Å². The maximum absolute atomic E-state index is 8.76. The average Bonchev–Trinajstić information content (AvgIpc) is 2.33. The fourth-order valence-corrected chi connectivity index (χ4v) is 1.38. The summed E-state index contributed by atoms with van der Waals surface area (Å²) in [4.78, 5) is 3.13. The minimum atomic E-state index is 0.387. The highest BCUT2D eigenvalue weighted by Gasteiger charge is 2.13. The van der Waals surface area contributed by atoms with Crippen LogP contribution in [0, 0.1) is 5.39 Å². The zero-order valence-electron chi connectivity index (χ0n) is 8.30. The van der Waals surface area contributed by atoms with Crippen LogP contribution < -0.4 is 4.74 Å². The van der Waals surface area contributed by atoms with E-state index in [1.165, 1.54) is 0 Å². The van der Waals surface area contributed by atoms with Gasteiger partial charge in [0.25, 0.3) is 0 Å². The molecule has 0 aliphatic carbocycles. The van der Waals surface area contributed by atoms with Crippen LogP contribution in [-0.2, 0) is 0 Å². The van der Waals surface area contributed by atoms with E-state index in [9.17, 15) is 0 Å². The zero-order valence-corrected chi connectivity index (χ0v) is 9.06. The first kappa shape index (κ1) is 10.5. The number of nitrogens with zero attached hydrogens (tertiary/aromatic N) is 2. The van der Waals surface area contributed by atoms with E-state index < -0.39 is 0 Å². The SMILES string of the molecule is N#[N+]c1ccccc1Oc1ccc(Cl)cc1. The standard InChI is InChI=1S/C12H8ClN2O/c13-9-5-7-10(8-6-9)16-12-4-2-1-3-11(12)15-14/h1-8H/q+1. The first-order valence-corrected chi connectivity index (χ1v) is 5.05. The summed E-state index contributed by atoms with van der Waals surface area (Å²) in [6, 6.07) is 13.9. The normalized spacial score (nSPS) is 9.50. The predicted octanol–water partition coefficient (Wildman–Crippen LogP) is 4.62. The van der Waals surface area contributed by atoms with Gasteiger partial charge in [0.2, 0.25) is 11.1 Å². The molecule has 0 radical (unpaired) electrons. The molecule has 0 atom stereocenters. The zero-order chi connectivity index (χ0) is 11.4. The molecule has 0 bridgehead atoms. The smallest absolute Gasteiger partial charge is 0.426 e. The van der Waals surface area contributed by atoms with Crippen molar-refractivity contribution < 1.29 is 4.74 Å². The number of diazo groups is 1. The minimum Gasteiger partial charge on any atom is -0.449 e. The first-order valence-electron chi connectivity index (χ1n) is 4.67. The van der Waals surface area contributed by atoms with E-state index in [0.29, 0.717) is 22.2 Å². The highest BCUT2D eigenvalue weighted by atomic mass is 35.5. The number of hydrogen-bond acceptors (Lipinski definition) is 2. The number of para-hydroxylation sites is 1. The fraction of sp³-hybridized carbons (Fsp3) is 0. The molecule has 0 saturated heterocycles. The molecule has 0 heterocycles. The van der Waals surface area contributed by atoms with Gasteiger partial charge in [-0.3, -0.25) is 0 Å². The fourth-order valence-electron chi connectivity index (χ4n) is 1.26. The van der Waals surface area contributed by atoms with Crippen molar-refractivity contribution in [2.45, 2.75) is 0 Å². The maximum atomic E-state index is 8.76. The summed E-state index contributed by atoms with van der Waals surface area (Å²) in [5.41, 5.74) is 0.387. The van der Waals surface area contributed by atoms with Crippen LogP contribution >= 0.6 is 11.6 Å². The number of benzene rings is 2. The van der Waals surface area contributed by atoms with Crippen LogP contribution in [0.4, 0.5) is 5.69 Å². The molecule has 16 heavy (non-hydrogen) atoms. The van der Waals surface area contributed by atoms with Crippen LogP contribution in [0.15, 0.2) is 48.5 Å². The molecule has 2 rings (SSSR count). The Labute approximate surface area is 97.9 Å². The Balaban J connectivity index is 2.27. The molecule has 0 aromatic heterocycles.